The van der Waals surface area contributed by atoms with E-state index < -0.39 is 5.91 Å². The Balaban J connectivity index is 2.18. The maximum atomic E-state index is 12.0. The Kier molecular flexibility index (Phi) is 4.29. The van der Waals surface area contributed by atoms with Crippen molar-refractivity contribution in [2.45, 2.75) is 13.8 Å². The molecule has 2 amide bonds. The minimum atomic E-state index is -0.416. The van der Waals surface area contributed by atoms with Crippen LogP contribution in [0.15, 0.2) is 22.6 Å². The highest BCUT2D eigenvalue weighted by molar-refractivity contribution is 6.31. The summed E-state index contributed by atoms with van der Waals surface area (Å²) >= 11 is 5.92. The van der Waals surface area contributed by atoms with E-state index in [0.29, 0.717) is 22.7 Å². The van der Waals surface area contributed by atoms with Crippen LogP contribution < -0.4 is 10.6 Å². The molecule has 0 aliphatic rings. The van der Waals surface area contributed by atoms with Crippen LogP contribution in [-0.4, -0.2) is 24.9 Å². The predicted octanol–water partition coefficient (Wildman–Crippen LogP) is 2.26. The quantitative estimate of drug-likeness (QED) is 0.908. The second-order valence-corrected chi connectivity index (χ2v) is 4.77. The van der Waals surface area contributed by atoms with Gasteiger partial charge in [-0.25, -0.2) is 0 Å². The molecule has 0 saturated heterocycles. The van der Waals surface area contributed by atoms with Crippen molar-refractivity contribution in [1.82, 2.24) is 10.6 Å². The van der Waals surface area contributed by atoms with Crippen molar-refractivity contribution in [3.05, 3.63) is 34.5 Å². The predicted molar refractivity (Wildman–Crippen MR) is 77.0 cm³/mol. The standard InChI is InChI=1S/C14H15ClN2O3/c1-3-16-12(18)7-17-14(19)13-8(2)10-6-9(15)4-5-11(10)20-13/h4-6H,3,7H2,1-2H3,(H,16,18)(H,17,19). The lowest BCUT2D eigenvalue weighted by atomic mass is 10.1. The zero-order valence-electron chi connectivity index (χ0n) is 11.2. The van der Waals surface area contributed by atoms with Gasteiger partial charge >= 0.3 is 0 Å². The highest BCUT2D eigenvalue weighted by atomic mass is 35.5. The van der Waals surface area contributed by atoms with Crippen molar-refractivity contribution in [2.24, 2.45) is 0 Å². The molecular weight excluding hydrogens is 280 g/mol. The van der Waals surface area contributed by atoms with Gasteiger partial charge in [0, 0.05) is 22.5 Å². The van der Waals surface area contributed by atoms with E-state index >= 15 is 0 Å². The topological polar surface area (TPSA) is 71.3 Å². The first-order valence-corrected chi connectivity index (χ1v) is 6.64. The molecule has 1 aromatic carbocycles. The third kappa shape index (κ3) is 2.93. The number of nitrogens with one attached hydrogen (secondary N) is 2. The average Bonchev–Trinajstić information content (AvgIpc) is 2.74. The van der Waals surface area contributed by atoms with Gasteiger partial charge in [-0.2, -0.15) is 0 Å². The van der Waals surface area contributed by atoms with Gasteiger partial charge in [-0.3, -0.25) is 9.59 Å². The molecule has 6 heteroatoms. The normalized spacial score (nSPS) is 10.6. The summed E-state index contributed by atoms with van der Waals surface area (Å²) < 4.78 is 5.51. The molecular formula is C14H15ClN2O3. The smallest absolute Gasteiger partial charge is 0.287 e. The fraction of sp³-hybridized carbons (Fsp3) is 0.286. The van der Waals surface area contributed by atoms with Crippen molar-refractivity contribution < 1.29 is 14.0 Å². The lowest BCUT2D eigenvalue weighted by Crippen LogP contribution is -2.36. The summed E-state index contributed by atoms with van der Waals surface area (Å²) in [5.74, 6) is -0.453. The molecule has 5 nitrogen and oxygen atoms in total. The molecule has 20 heavy (non-hydrogen) atoms. The molecule has 0 aliphatic carbocycles. The molecule has 0 bridgehead atoms. The van der Waals surface area contributed by atoms with Crippen LogP contribution in [-0.2, 0) is 4.79 Å². The molecule has 0 saturated carbocycles. The second kappa shape index (κ2) is 5.96. The Hall–Kier alpha value is -2.01. The van der Waals surface area contributed by atoms with E-state index in [9.17, 15) is 9.59 Å². The van der Waals surface area contributed by atoms with Crippen LogP contribution in [0.4, 0.5) is 0 Å². The van der Waals surface area contributed by atoms with Crippen LogP contribution in [0.1, 0.15) is 23.0 Å². The molecule has 0 radical (unpaired) electrons. The van der Waals surface area contributed by atoms with Crippen LogP contribution in [0.3, 0.4) is 0 Å². The highest BCUT2D eigenvalue weighted by Crippen LogP contribution is 2.27. The van der Waals surface area contributed by atoms with Crippen LogP contribution >= 0.6 is 11.6 Å². The molecule has 0 atom stereocenters. The number of rotatable bonds is 4. The Labute approximate surface area is 121 Å². The van der Waals surface area contributed by atoms with Crippen molar-refractivity contribution in [1.29, 1.82) is 0 Å². The summed E-state index contributed by atoms with van der Waals surface area (Å²) in [6.07, 6.45) is 0. The molecule has 0 fully saturated rings. The van der Waals surface area contributed by atoms with Gasteiger partial charge in [-0.15, -0.1) is 0 Å². The van der Waals surface area contributed by atoms with Gasteiger partial charge in [-0.1, -0.05) is 11.6 Å². The van der Waals surface area contributed by atoms with E-state index in [2.05, 4.69) is 10.6 Å². The van der Waals surface area contributed by atoms with Crippen LogP contribution in [0.2, 0.25) is 5.02 Å². The van der Waals surface area contributed by atoms with Gasteiger partial charge in [0.1, 0.15) is 5.58 Å². The van der Waals surface area contributed by atoms with Crippen molar-refractivity contribution >= 4 is 34.4 Å². The number of carbonyl (C=O) groups is 2. The van der Waals surface area contributed by atoms with Gasteiger partial charge in [0.2, 0.25) is 5.91 Å². The molecule has 1 aromatic heterocycles. The number of fused-ring (bicyclic) bond motifs is 1. The lowest BCUT2D eigenvalue weighted by Gasteiger charge is -2.03. The number of aryl methyl sites for hydroxylation is 1. The molecule has 0 spiro atoms. The minimum absolute atomic E-state index is 0.0794. The Morgan fingerprint density at radius 1 is 1.30 bits per heavy atom. The van der Waals surface area contributed by atoms with Gasteiger partial charge in [-0.05, 0) is 32.0 Å². The van der Waals surface area contributed by atoms with E-state index in [1.54, 1.807) is 25.1 Å². The second-order valence-electron chi connectivity index (χ2n) is 4.33. The maximum absolute atomic E-state index is 12.0. The number of furan rings is 1. The fourth-order valence-electron chi connectivity index (χ4n) is 1.91. The summed E-state index contributed by atoms with van der Waals surface area (Å²) in [7, 11) is 0. The third-order valence-corrected chi connectivity index (χ3v) is 3.12. The van der Waals surface area contributed by atoms with E-state index in [0.717, 1.165) is 5.39 Å². The summed E-state index contributed by atoms with van der Waals surface area (Å²) in [5, 5.41) is 6.49. The first-order valence-electron chi connectivity index (χ1n) is 6.26. The minimum Gasteiger partial charge on any atom is -0.451 e. The molecule has 0 unspecified atom stereocenters. The first-order chi connectivity index (χ1) is 9.52. The van der Waals surface area contributed by atoms with Crippen molar-refractivity contribution in [2.75, 3.05) is 13.1 Å². The Morgan fingerprint density at radius 2 is 2.05 bits per heavy atom. The summed E-state index contributed by atoms with van der Waals surface area (Å²) in [5.41, 5.74) is 1.30. The van der Waals surface area contributed by atoms with Crippen molar-refractivity contribution in [3.63, 3.8) is 0 Å². The van der Waals surface area contributed by atoms with Crippen molar-refractivity contribution in [3.8, 4) is 0 Å². The number of halogens is 1. The molecule has 2 rings (SSSR count). The monoisotopic (exact) mass is 294 g/mol. The van der Waals surface area contributed by atoms with E-state index in [-0.39, 0.29) is 18.2 Å². The van der Waals surface area contributed by atoms with Crippen LogP contribution in [0.25, 0.3) is 11.0 Å². The zero-order chi connectivity index (χ0) is 14.7. The molecule has 0 aliphatic heterocycles. The van der Waals surface area contributed by atoms with Crippen LogP contribution in [0, 0.1) is 6.92 Å². The lowest BCUT2D eigenvalue weighted by molar-refractivity contribution is -0.120. The van der Waals surface area contributed by atoms with Gasteiger partial charge < -0.3 is 15.1 Å². The molecule has 2 aromatic rings. The number of benzene rings is 1. The molecule has 2 N–H and O–H groups in total. The number of hydrogen-bond acceptors (Lipinski definition) is 3. The average molecular weight is 295 g/mol. The zero-order valence-corrected chi connectivity index (χ0v) is 12.0. The van der Waals surface area contributed by atoms with E-state index in [4.69, 9.17) is 16.0 Å². The molecule has 1 heterocycles. The number of amides is 2. The van der Waals surface area contributed by atoms with Gasteiger partial charge in [0.05, 0.1) is 6.54 Å². The SMILES string of the molecule is CCNC(=O)CNC(=O)c1oc2ccc(Cl)cc2c1C. The van der Waals surface area contributed by atoms with Gasteiger partial charge in [0.25, 0.3) is 5.91 Å². The number of carbonyl (C=O) groups excluding carboxylic acids is 2. The Bertz CT molecular complexity index is 664. The summed E-state index contributed by atoms with van der Waals surface area (Å²) in [4.78, 5) is 23.3. The van der Waals surface area contributed by atoms with E-state index in [1.165, 1.54) is 0 Å². The third-order valence-electron chi connectivity index (χ3n) is 2.89. The Morgan fingerprint density at radius 3 is 2.75 bits per heavy atom. The number of likely N-dealkylation sites (N-methyl/N-ethyl adjacent to an activating group) is 1. The highest BCUT2D eigenvalue weighted by Gasteiger charge is 2.18. The maximum Gasteiger partial charge on any atom is 0.287 e. The van der Waals surface area contributed by atoms with Gasteiger partial charge in [0.15, 0.2) is 5.76 Å². The fourth-order valence-corrected chi connectivity index (χ4v) is 2.08. The first kappa shape index (κ1) is 14.4. The summed E-state index contributed by atoms with van der Waals surface area (Å²) in [6, 6.07) is 5.16. The largest absolute Gasteiger partial charge is 0.451 e. The van der Waals surface area contributed by atoms with Crippen LogP contribution in [0.5, 0.6) is 0 Å². The van der Waals surface area contributed by atoms with E-state index in [1.807, 2.05) is 6.92 Å². The number of hydrogen-bond donors (Lipinski definition) is 2. The molecule has 106 valence electrons. The summed E-state index contributed by atoms with van der Waals surface area (Å²) in [6.45, 7) is 4.04.